The van der Waals surface area contributed by atoms with Crippen molar-refractivity contribution >= 4 is 5.69 Å². The van der Waals surface area contributed by atoms with Crippen LogP contribution in [0.3, 0.4) is 0 Å². The first-order valence-electron chi connectivity index (χ1n) is 6.08. The van der Waals surface area contributed by atoms with E-state index >= 15 is 0 Å². The molecule has 0 amide bonds. The molecular formula is C15H15N3O. The molecule has 2 rings (SSSR count). The summed E-state index contributed by atoms with van der Waals surface area (Å²) in [5.41, 5.74) is 1.52. The summed E-state index contributed by atoms with van der Waals surface area (Å²) in [7, 11) is 1.92. The Hall–Kier alpha value is -2.54. The Morgan fingerprint density at radius 3 is 2.68 bits per heavy atom. The van der Waals surface area contributed by atoms with E-state index in [1.165, 1.54) is 0 Å². The van der Waals surface area contributed by atoms with Crippen LogP contribution in [-0.4, -0.2) is 18.2 Å². The van der Waals surface area contributed by atoms with Crippen molar-refractivity contribution in [2.75, 3.05) is 18.5 Å². The number of hydrogen-bond donors (Lipinski definition) is 0. The van der Waals surface area contributed by atoms with Crippen molar-refractivity contribution in [2.24, 2.45) is 0 Å². The molecule has 0 spiro atoms. The molecule has 0 atom stereocenters. The maximum absolute atomic E-state index is 11.6. The van der Waals surface area contributed by atoms with Gasteiger partial charge in [0.1, 0.15) is 6.07 Å². The van der Waals surface area contributed by atoms with Crippen molar-refractivity contribution in [2.45, 2.75) is 6.54 Å². The summed E-state index contributed by atoms with van der Waals surface area (Å²) in [6.45, 7) is 1.26. The van der Waals surface area contributed by atoms with Crippen LogP contribution in [0.2, 0.25) is 0 Å². The van der Waals surface area contributed by atoms with Gasteiger partial charge in [0.15, 0.2) is 0 Å². The summed E-state index contributed by atoms with van der Waals surface area (Å²) < 4.78 is 1.66. The highest BCUT2D eigenvalue weighted by molar-refractivity contribution is 5.58. The molecule has 0 bridgehead atoms. The fraction of sp³-hybridized carbons (Fsp3) is 0.200. The van der Waals surface area contributed by atoms with E-state index in [-0.39, 0.29) is 5.56 Å². The normalized spacial score (nSPS) is 9.89. The molecule has 1 heterocycles. The highest BCUT2D eigenvalue weighted by atomic mass is 16.1. The molecule has 0 aliphatic rings. The molecule has 19 heavy (non-hydrogen) atoms. The van der Waals surface area contributed by atoms with Gasteiger partial charge in [0.2, 0.25) is 0 Å². The minimum Gasteiger partial charge on any atom is -0.372 e. The van der Waals surface area contributed by atoms with Gasteiger partial charge in [-0.1, -0.05) is 18.2 Å². The molecule has 0 aliphatic carbocycles. The van der Waals surface area contributed by atoms with Gasteiger partial charge < -0.3 is 9.47 Å². The van der Waals surface area contributed by atoms with Gasteiger partial charge >= 0.3 is 0 Å². The molecule has 1 aromatic heterocycles. The van der Waals surface area contributed by atoms with E-state index in [0.29, 0.717) is 18.7 Å². The Balaban J connectivity index is 2.10. The first kappa shape index (κ1) is 12.9. The minimum atomic E-state index is -0.00975. The molecule has 0 N–H and O–H groups in total. The van der Waals surface area contributed by atoms with Gasteiger partial charge in [-0.3, -0.25) is 4.79 Å². The number of aromatic nitrogens is 1. The Morgan fingerprint density at radius 1 is 1.21 bits per heavy atom. The van der Waals surface area contributed by atoms with Gasteiger partial charge in [-0.25, -0.2) is 0 Å². The average Bonchev–Trinajstić information content (AvgIpc) is 2.46. The molecule has 0 aliphatic heterocycles. The number of nitriles is 1. The Kier molecular flexibility index (Phi) is 3.99. The van der Waals surface area contributed by atoms with Crippen molar-refractivity contribution in [1.29, 1.82) is 5.26 Å². The SMILES string of the molecule is CN(CCn1ccccc1=O)c1ccccc1C#N. The lowest BCUT2D eigenvalue weighted by Gasteiger charge is -2.20. The third-order valence-corrected chi connectivity index (χ3v) is 3.01. The van der Waals surface area contributed by atoms with Crippen LogP contribution in [0.25, 0.3) is 0 Å². The molecule has 1 aromatic carbocycles. The monoisotopic (exact) mass is 253 g/mol. The molecule has 0 saturated carbocycles. The average molecular weight is 253 g/mol. The molecule has 2 aromatic rings. The van der Waals surface area contributed by atoms with Crippen LogP contribution in [0.1, 0.15) is 5.56 Å². The van der Waals surface area contributed by atoms with Gasteiger partial charge in [0.25, 0.3) is 5.56 Å². The second-order valence-electron chi connectivity index (χ2n) is 4.28. The first-order chi connectivity index (χ1) is 9.22. The summed E-state index contributed by atoms with van der Waals surface area (Å²) in [6.07, 6.45) is 1.77. The quantitative estimate of drug-likeness (QED) is 0.835. The molecule has 4 heteroatoms. The zero-order valence-electron chi connectivity index (χ0n) is 10.8. The number of likely N-dealkylation sites (N-methyl/N-ethyl adjacent to an activating group) is 1. The van der Waals surface area contributed by atoms with Crippen molar-refractivity contribution in [1.82, 2.24) is 4.57 Å². The van der Waals surface area contributed by atoms with E-state index in [1.54, 1.807) is 29.0 Å². The van der Waals surface area contributed by atoms with Gasteiger partial charge in [0.05, 0.1) is 11.3 Å². The fourth-order valence-corrected chi connectivity index (χ4v) is 1.92. The predicted octanol–water partition coefficient (Wildman–Crippen LogP) is 1.86. The lowest BCUT2D eigenvalue weighted by molar-refractivity contribution is 0.661. The van der Waals surface area contributed by atoms with Crippen LogP contribution in [0.5, 0.6) is 0 Å². The Bertz CT molecular complexity index is 655. The lowest BCUT2D eigenvalue weighted by Crippen LogP contribution is -2.28. The van der Waals surface area contributed by atoms with Crippen LogP contribution in [0.4, 0.5) is 5.69 Å². The first-order valence-corrected chi connectivity index (χ1v) is 6.08. The van der Waals surface area contributed by atoms with Crippen LogP contribution < -0.4 is 10.5 Å². The Labute approximate surface area is 112 Å². The lowest BCUT2D eigenvalue weighted by atomic mass is 10.2. The van der Waals surface area contributed by atoms with E-state index in [9.17, 15) is 4.79 Å². The van der Waals surface area contributed by atoms with E-state index in [4.69, 9.17) is 5.26 Å². The van der Waals surface area contributed by atoms with Crippen molar-refractivity contribution < 1.29 is 0 Å². The van der Waals surface area contributed by atoms with Gasteiger partial charge in [-0.05, 0) is 18.2 Å². The number of benzene rings is 1. The summed E-state index contributed by atoms with van der Waals surface area (Å²) >= 11 is 0. The number of anilines is 1. The van der Waals surface area contributed by atoms with Crippen molar-refractivity contribution in [3.05, 3.63) is 64.6 Å². The number of hydrogen-bond acceptors (Lipinski definition) is 3. The van der Waals surface area contributed by atoms with Crippen LogP contribution in [0.15, 0.2) is 53.5 Å². The molecular weight excluding hydrogens is 238 g/mol. The van der Waals surface area contributed by atoms with E-state index in [2.05, 4.69) is 6.07 Å². The summed E-state index contributed by atoms with van der Waals surface area (Å²) in [5, 5.41) is 9.06. The second kappa shape index (κ2) is 5.87. The van der Waals surface area contributed by atoms with Gasteiger partial charge in [-0.15, -0.1) is 0 Å². The zero-order chi connectivity index (χ0) is 13.7. The topological polar surface area (TPSA) is 49.0 Å². The molecule has 0 unspecified atom stereocenters. The summed E-state index contributed by atoms with van der Waals surface area (Å²) in [6, 6.07) is 14.7. The molecule has 0 fully saturated rings. The highest BCUT2D eigenvalue weighted by Crippen LogP contribution is 2.17. The second-order valence-corrected chi connectivity index (χ2v) is 4.28. The van der Waals surface area contributed by atoms with Gasteiger partial charge in [-0.2, -0.15) is 5.26 Å². The van der Waals surface area contributed by atoms with E-state index in [0.717, 1.165) is 5.69 Å². The van der Waals surface area contributed by atoms with Crippen LogP contribution in [-0.2, 0) is 6.54 Å². The fourth-order valence-electron chi connectivity index (χ4n) is 1.92. The van der Waals surface area contributed by atoms with Gasteiger partial charge in [0, 0.05) is 32.4 Å². The standard InChI is InChI=1S/C15H15N3O/c1-17(14-7-3-2-6-13(14)12-16)10-11-18-9-5-4-8-15(18)19/h2-9H,10-11H2,1H3. The number of rotatable bonds is 4. The number of nitrogens with zero attached hydrogens (tertiary/aromatic N) is 3. The third kappa shape index (κ3) is 3.02. The largest absolute Gasteiger partial charge is 0.372 e. The molecule has 0 saturated heterocycles. The maximum atomic E-state index is 11.6. The maximum Gasteiger partial charge on any atom is 0.250 e. The smallest absolute Gasteiger partial charge is 0.250 e. The van der Waals surface area contributed by atoms with Crippen molar-refractivity contribution in [3.63, 3.8) is 0 Å². The van der Waals surface area contributed by atoms with E-state index in [1.807, 2.05) is 36.2 Å². The summed E-state index contributed by atoms with van der Waals surface area (Å²) in [5.74, 6) is 0. The van der Waals surface area contributed by atoms with Crippen molar-refractivity contribution in [3.8, 4) is 6.07 Å². The third-order valence-electron chi connectivity index (χ3n) is 3.01. The van der Waals surface area contributed by atoms with Crippen LogP contribution in [0, 0.1) is 11.3 Å². The molecule has 4 nitrogen and oxygen atoms in total. The number of para-hydroxylation sites is 1. The highest BCUT2D eigenvalue weighted by Gasteiger charge is 2.06. The minimum absolute atomic E-state index is 0.00975. The Morgan fingerprint density at radius 2 is 1.95 bits per heavy atom. The van der Waals surface area contributed by atoms with E-state index < -0.39 is 0 Å². The summed E-state index contributed by atoms with van der Waals surface area (Å²) in [4.78, 5) is 13.6. The molecule has 96 valence electrons. The number of pyridine rings is 1. The predicted molar refractivity (Wildman–Crippen MR) is 75.1 cm³/mol. The van der Waals surface area contributed by atoms with Crippen LogP contribution >= 0.6 is 0 Å². The zero-order valence-corrected chi connectivity index (χ0v) is 10.8. The molecule has 0 radical (unpaired) electrons.